The molecular weight excluding hydrogens is 260 g/mol. The van der Waals surface area contributed by atoms with Gasteiger partial charge in [-0.3, -0.25) is 10.1 Å². The molecule has 0 saturated carbocycles. The Kier molecular flexibility index (Phi) is 5.49. The molecule has 6 heteroatoms. The summed E-state index contributed by atoms with van der Waals surface area (Å²) in [5.74, 6) is -0.0723. The number of anilines is 1. The number of nitrogens with two attached hydrogens (primary N) is 1. The van der Waals surface area contributed by atoms with E-state index in [1.165, 1.54) is 12.1 Å². The van der Waals surface area contributed by atoms with Crippen molar-refractivity contribution in [2.75, 3.05) is 12.3 Å². The van der Waals surface area contributed by atoms with Crippen LogP contribution in [0.3, 0.4) is 0 Å². The normalized spacial score (nSPS) is 10.6. The van der Waals surface area contributed by atoms with E-state index < -0.39 is 10.9 Å². The quantitative estimate of drug-likeness (QED) is 0.284. The summed E-state index contributed by atoms with van der Waals surface area (Å²) < 4.78 is 5.11. The van der Waals surface area contributed by atoms with E-state index in [9.17, 15) is 14.9 Å². The molecule has 0 radical (unpaired) electrons. The van der Waals surface area contributed by atoms with Crippen molar-refractivity contribution in [2.24, 2.45) is 5.92 Å². The van der Waals surface area contributed by atoms with Gasteiger partial charge in [-0.15, -0.1) is 0 Å². The van der Waals surface area contributed by atoms with Gasteiger partial charge in [0, 0.05) is 6.07 Å². The number of hydrogen-bond donors (Lipinski definition) is 1. The number of nitrogen functional groups attached to an aromatic ring is 1. The monoisotopic (exact) mass is 280 g/mol. The SMILES string of the molecule is Cc1cc(C(=O)OCCCC(C)C)c(N)c([N+](=O)[O-])c1. The van der Waals surface area contributed by atoms with Gasteiger partial charge in [0.1, 0.15) is 5.69 Å². The summed E-state index contributed by atoms with van der Waals surface area (Å²) >= 11 is 0. The molecule has 20 heavy (non-hydrogen) atoms. The number of nitro groups is 1. The molecule has 0 aliphatic heterocycles. The van der Waals surface area contributed by atoms with Crippen molar-refractivity contribution in [3.05, 3.63) is 33.4 Å². The van der Waals surface area contributed by atoms with Gasteiger partial charge in [-0.25, -0.2) is 4.79 Å². The van der Waals surface area contributed by atoms with E-state index in [2.05, 4.69) is 13.8 Å². The standard InChI is InChI=1S/C14H20N2O4/c1-9(2)5-4-6-20-14(17)11-7-10(3)8-12(13(11)15)16(18)19/h7-9H,4-6,15H2,1-3H3. The lowest BCUT2D eigenvalue weighted by atomic mass is 10.1. The molecule has 0 amide bonds. The zero-order chi connectivity index (χ0) is 15.3. The number of esters is 1. The third-order valence-electron chi connectivity index (χ3n) is 2.88. The average Bonchev–Trinajstić information content (AvgIpc) is 2.36. The van der Waals surface area contributed by atoms with Crippen LogP contribution in [0.15, 0.2) is 12.1 Å². The predicted octanol–water partition coefficient (Wildman–Crippen LogP) is 3.08. The highest BCUT2D eigenvalue weighted by atomic mass is 16.6. The molecule has 1 aromatic carbocycles. The van der Waals surface area contributed by atoms with E-state index in [1.54, 1.807) is 6.92 Å². The van der Waals surface area contributed by atoms with Crippen molar-refractivity contribution in [1.82, 2.24) is 0 Å². The van der Waals surface area contributed by atoms with Gasteiger partial charge in [0.15, 0.2) is 0 Å². The van der Waals surface area contributed by atoms with Gasteiger partial charge in [-0.05, 0) is 37.3 Å². The van der Waals surface area contributed by atoms with Crippen molar-refractivity contribution in [3.63, 3.8) is 0 Å². The van der Waals surface area contributed by atoms with Crippen LogP contribution in [0.25, 0.3) is 0 Å². The number of ether oxygens (including phenoxy) is 1. The zero-order valence-electron chi connectivity index (χ0n) is 12.0. The lowest BCUT2D eigenvalue weighted by molar-refractivity contribution is -0.384. The van der Waals surface area contributed by atoms with Crippen LogP contribution in [0.4, 0.5) is 11.4 Å². The summed E-state index contributed by atoms with van der Waals surface area (Å²) in [6, 6.07) is 2.85. The fraction of sp³-hybridized carbons (Fsp3) is 0.500. The molecule has 0 atom stereocenters. The summed E-state index contributed by atoms with van der Waals surface area (Å²) in [4.78, 5) is 22.2. The second-order valence-electron chi connectivity index (χ2n) is 5.17. The van der Waals surface area contributed by atoms with Gasteiger partial charge in [-0.1, -0.05) is 13.8 Å². The molecule has 2 N–H and O–H groups in total. The van der Waals surface area contributed by atoms with E-state index in [4.69, 9.17) is 10.5 Å². The number of carbonyl (C=O) groups is 1. The maximum atomic E-state index is 11.9. The number of benzene rings is 1. The maximum Gasteiger partial charge on any atom is 0.340 e. The minimum Gasteiger partial charge on any atom is -0.462 e. The molecule has 0 bridgehead atoms. The first-order chi connectivity index (χ1) is 9.32. The van der Waals surface area contributed by atoms with Gasteiger partial charge in [-0.2, -0.15) is 0 Å². The highest BCUT2D eigenvalue weighted by Gasteiger charge is 2.21. The molecular formula is C14H20N2O4. The summed E-state index contributed by atoms with van der Waals surface area (Å²) in [6.45, 7) is 6.13. The Balaban J connectivity index is 2.80. The van der Waals surface area contributed by atoms with Crippen LogP contribution >= 0.6 is 0 Å². The first-order valence-electron chi connectivity index (χ1n) is 6.54. The van der Waals surface area contributed by atoms with Crippen LogP contribution < -0.4 is 5.73 Å². The molecule has 0 unspecified atom stereocenters. The fourth-order valence-corrected chi connectivity index (χ4v) is 1.83. The Bertz CT molecular complexity index is 512. The van der Waals surface area contributed by atoms with Gasteiger partial charge in [0.25, 0.3) is 5.69 Å². The summed E-state index contributed by atoms with van der Waals surface area (Å²) in [5, 5.41) is 10.9. The minimum atomic E-state index is -0.613. The molecule has 0 aliphatic rings. The van der Waals surface area contributed by atoms with Crippen LogP contribution in [0, 0.1) is 23.0 Å². The van der Waals surface area contributed by atoms with Crippen molar-refractivity contribution in [1.29, 1.82) is 0 Å². The van der Waals surface area contributed by atoms with Crippen LogP contribution in [0.2, 0.25) is 0 Å². The first kappa shape index (κ1) is 15.9. The Labute approximate surface area is 118 Å². The third kappa shape index (κ3) is 4.22. The van der Waals surface area contributed by atoms with Gasteiger partial charge in [0.2, 0.25) is 0 Å². The largest absolute Gasteiger partial charge is 0.462 e. The van der Waals surface area contributed by atoms with E-state index in [-0.39, 0.29) is 23.5 Å². The van der Waals surface area contributed by atoms with Crippen LogP contribution in [0.1, 0.15) is 42.6 Å². The van der Waals surface area contributed by atoms with Crippen molar-refractivity contribution in [2.45, 2.75) is 33.6 Å². The summed E-state index contributed by atoms with van der Waals surface area (Å²) in [6.07, 6.45) is 1.72. The first-order valence-corrected chi connectivity index (χ1v) is 6.54. The molecule has 0 aliphatic carbocycles. The van der Waals surface area contributed by atoms with Gasteiger partial charge >= 0.3 is 5.97 Å². The molecule has 1 rings (SSSR count). The van der Waals surface area contributed by atoms with Crippen molar-refractivity contribution < 1.29 is 14.5 Å². The maximum absolute atomic E-state index is 11.9. The van der Waals surface area contributed by atoms with E-state index >= 15 is 0 Å². The molecule has 0 fully saturated rings. The zero-order valence-corrected chi connectivity index (χ0v) is 12.0. The second-order valence-corrected chi connectivity index (χ2v) is 5.17. The summed E-state index contributed by atoms with van der Waals surface area (Å²) in [5.41, 5.74) is 5.91. The molecule has 0 saturated heterocycles. The van der Waals surface area contributed by atoms with Crippen molar-refractivity contribution >= 4 is 17.3 Å². The number of aryl methyl sites for hydroxylation is 1. The lowest BCUT2D eigenvalue weighted by Crippen LogP contribution is -2.11. The van der Waals surface area contributed by atoms with Crippen LogP contribution in [-0.4, -0.2) is 17.5 Å². The lowest BCUT2D eigenvalue weighted by Gasteiger charge is -2.09. The minimum absolute atomic E-state index is 0.0567. The van der Waals surface area contributed by atoms with Crippen LogP contribution in [-0.2, 0) is 4.74 Å². The Hall–Kier alpha value is -2.11. The Morgan fingerprint density at radius 1 is 1.45 bits per heavy atom. The average molecular weight is 280 g/mol. The van der Waals surface area contributed by atoms with E-state index in [0.29, 0.717) is 11.5 Å². The molecule has 0 aromatic heterocycles. The highest BCUT2D eigenvalue weighted by molar-refractivity contribution is 5.97. The smallest absolute Gasteiger partial charge is 0.340 e. The fourth-order valence-electron chi connectivity index (χ4n) is 1.83. The molecule has 110 valence electrons. The molecule has 1 aromatic rings. The predicted molar refractivity (Wildman–Crippen MR) is 76.6 cm³/mol. The number of nitrogens with zero attached hydrogens (tertiary/aromatic N) is 1. The van der Waals surface area contributed by atoms with Crippen LogP contribution in [0.5, 0.6) is 0 Å². The molecule has 0 heterocycles. The van der Waals surface area contributed by atoms with E-state index in [0.717, 1.165) is 12.8 Å². The van der Waals surface area contributed by atoms with E-state index in [1.807, 2.05) is 0 Å². The Morgan fingerprint density at radius 3 is 2.65 bits per heavy atom. The van der Waals surface area contributed by atoms with Crippen molar-refractivity contribution in [3.8, 4) is 0 Å². The summed E-state index contributed by atoms with van der Waals surface area (Å²) in [7, 11) is 0. The third-order valence-corrected chi connectivity index (χ3v) is 2.88. The number of nitro benzene ring substituents is 1. The number of hydrogen-bond acceptors (Lipinski definition) is 5. The topological polar surface area (TPSA) is 95.5 Å². The highest BCUT2D eigenvalue weighted by Crippen LogP contribution is 2.27. The van der Waals surface area contributed by atoms with Gasteiger partial charge < -0.3 is 10.5 Å². The molecule has 6 nitrogen and oxygen atoms in total. The Morgan fingerprint density at radius 2 is 2.10 bits per heavy atom. The van der Waals surface area contributed by atoms with Gasteiger partial charge in [0.05, 0.1) is 17.1 Å². The second kappa shape index (κ2) is 6.88. The number of carbonyl (C=O) groups excluding carboxylic acids is 1. The number of rotatable bonds is 6. The molecule has 0 spiro atoms.